The number of aryl methyl sites for hydroxylation is 1. The maximum Gasteiger partial charge on any atom is 0.137 e. The Balaban J connectivity index is 1.50. The number of piperidine rings is 1. The number of nitrogens with zero attached hydrogens (tertiary/aromatic N) is 2. The van der Waals surface area contributed by atoms with Gasteiger partial charge in [0.1, 0.15) is 6.09 Å². The third-order valence-corrected chi connectivity index (χ3v) is 6.03. The Labute approximate surface area is 182 Å². The van der Waals surface area contributed by atoms with Gasteiger partial charge in [-0.05, 0) is 46.4 Å². The molecule has 0 radical (unpaired) electrons. The molecule has 31 heavy (non-hydrogen) atoms. The largest absolute Gasteiger partial charge is 0.530 e. The van der Waals surface area contributed by atoms with E-state index in [1.807, 2.05) is 12.1 Å². The molecule has 0 aromatic heterocycles. The minimum atomic E-state index is -1.15. The zero-order valence-electron chi connectivity index (χ0n) is 17.4. The van der Waals surface area contributed by atoms with Crippen LogP contribution in [0, 0.1) is 11.3 Å². The van der Waals surface area contributed by atoms with Gasteiger partial charge >= 0.3 is 0 Å². The van der Waals surface area contributed by atoms with Crippen molar-refractivity contribution < 1.29 is 14.6 Å². The maximum atomic E-state index is 11.4. The van der Waals surface area contributed by atoms with E-state index in [-0.39, 0.29) is 12.0 Å². The van der Waals surface area contributed by atoms with Crippen molar-refractivity contribution in [2.75, 3.05) is 13.1 Å². The summed E-state index contributed by atoms with van der Waals surface area (Å²) < 4.78 is 6.28. The van der Waals surface area contributed by atoms with Crippen molar-refractivity contribution in [3.8, 4) is 6.07 Å². The Hall–Kier alpha value is -3.36. The number of fused-ring (bicyclic) bond motifs is 1. The molecule has 1 amide bonds. The summed E-state index contributed by atoms with van der Waals surface area (Å²) in [5.41, 5.74) is 3.34. The fourth-order valence-electron chi connectivity index (χ4n) is 4.30. The lowest BCUT2D eigenvalue weighted by molar-refractivity contribution is -0.268. The van der Waals surface area contributed by atoms with E-state index in [4.69, 9.17) is 10.00 Å². The lowest BCUT2D eigenvalue weighted by atomic mass is 9.86. The molecule has 2 atom stereocenters. The molecule has 0 aliphatic carbocycles. The van der Waals surface area contributed by atoms with Crippen LogP contribution in [0.15, 0.2) is 66.7 Å². The molecule has 1 aliphatic heterocycles. The Kier molecular flexibility index (Phi) is 6.49. The summed E-state index contributed by atoms with van der Waals surface area (Å²) in [5, 5.41) is 22.6. The third-order valence-electron chi connectivity index (χ3n) is 6.03. The molecule has 0 spiro atoms. The van der Waals surface area contributed by atoms with Crippen molar-refractivity contribution in [3.63, 3.8) is 0 Å². The first kappa shape index (κ1) is 20.9. The van der Waals surface area contributed by atoms with E-state index >= 15 is 0 Å². The average Bonchev–Trinajstić information content (AvgIpc) is 2.81. The third kappa shape index (κ3) is 5.04. The van der Waals surface area contributed by atoms with Crippen molar-refractivity contribution in [1.82, 2.24) is 4.90 Å². The minimum Gasteiger partial charge on any atom is -0.530 e. The van der Waals surface area contributed by atoms with Crippen LogP contribution in [-0.4, -0.2) is 30.2 Å². The summed E-state index contributed by atoms with van der Waals surface area (Å²) in [6, 6.07) is 24.9. The SMILES string of the molecule is N#CCCc1ccc(C2CCN(C(=O)[O-])CC2OCc2ccc3ccccc3c2)cc1. The molecule has 0 saturated carbocycles. The molecule has 4 rings (SSSR count). The summed E-state index contributed by atoms with van der Waals surface area (Å²) in [6.45, 7) is 1.17. The molecule has 158 valence electrons. The minimum absolute atomic E-state index is 0.112. The second kappa shape index (κ2) is 9.63. The van der Waals surface area contributed by atoms with Gasteiger partial charge in [-0.3, -0.25) is 0 Å². The smallest absolute Gasteiger partial charge is 0.137 e. The fourth-order valence-corrected chi connectivity index (χ4v) is 4.30. The molecule has 5 nitrogen and oxygen atoms in total. The average molecular weight is 413 g/mol. The van der Waals surface area contributed by atoms with Gasteiger partial charge in [0.15, 0.2) is 0 Å². The number of rotatable bonds is 6. The number of hydrogen-bond acceptors (Lipinski definition) is 4. The van der Waals surface area contributed by atoms with Crippen LogP contribution in [-0.2, 0) is 17.8 Å². The van der Waals surface area contributed by atoms with Crippen LogP contribution in [0.1, 0.15) is 35.4 Å². The van der Waals surface area contributed by atoms with Gasteiger partial charge in [0.25, 0.3) is 0 Å². The molecular formula is C26H25N2O3-. The predicted molar refractivity (Wildman–Crippen MR) is 117 cm³/mol. The van der Waals surface area contributed by atoms with Gasteiger partial charge in [-0.25, -0.2) is 0 Å². The lowest BCUT2D eigenvalue weighted by Crippen LogP contribution is -2.51. The molecule has 2 unspecified atom stereocenters. The van der Waals surface area contributed by atoms with Gasteiger partial charge in [0.05, 0.1) is 18.8 Å². The van der Waals surface area contributed by atoms with Crippen molar-refractivity contribution in [1.29, 1.82) is 5.26 Å². The normalized spacial score (nSPS) is 18.6. The number of carbonyl (C=O) groups excluding carboxylic acids is 1. The number of ether oxygens (including phenoxy) is 1. The number of hydrogen-bond donors (Lipinski definition) is 0. The van der Waals surface area contributed by atoms with E-state index in [2.05, 4.69) is 60.7 Å². The second-order valence-corrected chi connectivity index (χ2v) is 8.04. The summed E-state index contributed by atoms with van der Waals surface area (Å²) >= 11 is 0. The second-order valence-electron chi connectivity index (χ2n) is 8.04. The van der Waals surface area contributed by atoms with Crippen molar-refractivity contribution >= 4 is 16.9 Å². The van der Waals surface area contributed by atoms with E-state index in [0.29, 0.717) is 32.5 Å². The summed E-state index contributed by atoms with van der Waals surface area (Å²) in [7, 11) is 0. The molecule has 1 fully saturated rings. The number of nitriles is 1. The monoisotopic (exact) mass is 413 g/mol. The Morgan fingerprint density at radius 3 is 2.55 bits per heavy atom. The van der Waals surface area contributed by atoms with Gasteiger partial charge in [-0.15, -0.1) is 0 Å². The highest BCUT2D eigenvalue weighted by atomic mass is 16.5. The molecule has 0 bridgehead atoms. The Morgan fingerprint density at radius 2 is 1.81 bits per heavy atom. The highest BCUT2D eigenvalue weighted by Gasteiger charge is 2.31. The first-order chi connectivity index (χ1) is 15.1. The molecule has 1 saturated heterocycles. The highest BCUT2D eigenvalue weighted by Crippen LogP contribution is 2.31. The Bertz CT molecular complexity index is 1090. The molecular weight excluding hydrogens is 388 g/mol. The predicted octanol–water partition coefficient (Wildman–Crippen LogP) is 4.01. The summed E-state index contributed by atoms with van der Waals surface area (Å²) in [5.74, 6) is 0.112. The van der Waals surface area contributed by atoms with Crippen molar-refractivity contribution in [2.24, 2.45) is 0 Å². The number of amides is 1. The molecule has 1 heterocycles. The van der Waals surface area contributed by atoms with Gasteiger partial charge in [-0.2, -0.15) is 5.26 Å². The van der Waals surface area contributed by atoms with Gasteiger partial charge in [0.2, 0.25) is 0 Å². The van der Waals surface area contributed by atoms with Crippen molar-refractivity contribution in [2.45, 2.75) is 37.9 Å². The Morgan fingerprint density at radius 1 is 1.06 bits per heavy atom. The van der Waals surface area contributed by atoms with E-state index in [1.165, 1.54) is 10.3 Å². The zero-order valence-corrected chi connectivity index (χ0v) is 17.4. The zero-order chi connectivity index (χ0) is 21.6. The highest BCUT2D eigenvalue weighted by molar-refractivity contribution is 5.82. The van der Waals surface area contributed by atoms with E-state index in [0.717, 1.165) is 28.5 Å². The number of carboxylic acid groups (broad SMARTS) is 1. The quantitative estimate of drug-likeness (QED) is 0.612. The van der Waals surface area contributed by atoms with Gasteiger partial charge in [0, 0.05) is 25.4 Å². The van der Waals surface area contributed by atoms with Crippen LogP contribution < -0.4 is 5.11 Å². The molecule has 3 aromatic rings. The van der Waals surface area contributed by atoms with Crippen LogP contribution in [0.2, 0.25) is 0 Å². The van der Waals surface area contributed by atoms with Crippen LogP contribution in [0.4, 0.5) is 4.79 Å². The summed E-state index contributed by atoms with van der Waals surface area (Å²) in [6.07, 6.45) is 0.531. The molecule has 1 aliphatic rings. The molecule has 3 aromatic carbocycles. The van der Waals surface area contributed by atoms with Crippen LogP contribution >= 0.6 is 0 Å². The maximum absolute atomic E-state index is 11.4. The standard InChI is InChI=1S/C26H26N2O3/c27-14-3-4-19-7-11-22(12-8-19)24-13-15-28(26(29)30)17-25(24)31-18-20-9-10-21-5-1-2-6-23(21)16-20/h1-2,5-12,16,24-25H,3-4,13,15,17-18H2,(H,29,30)/p-1. The van der Waals surface area contributed by atoms with Crippen LogP contribution in [0.25, 0.3) is 10.8 Å². The van der Waals surface area contributed by atoms with Crippen LogP contribution in [0.3, 0.4) is 0 Å². The topological polar surface area (TPSA) is 76.4 Å². The number of benzene rings is 3. The van der Waals surface area contributed by atoms with E-state index < -0.39 is 6.09 Å². The van der Waals surface area contributed by atoms with E-state index in [9.17, 15) is 9.90 Å². The van der Waals surface area contributed by atoms with Gasteiger partial charge < -0.3 is 19.5 Å². The molecule has 5 heteroatoms. The van der Waals surface area contributed by atoms with E-state index in [1.54, 1.807) is 0 Å². The number of carbonyl (C=O) groups is 1. The molecule has 0 N–H and O–H groups in total. The van der Waals surface area contributed by atoms with Gasteiger partial charge in [-0.1, -0.05) is 60.7 Å². The first-order valence-electron chi connectivity index (χ1n) is 10.6. The van der Waals surface area contributed by atoms with Crippen LogP contribution in [0.5, 0.6) is 0 Å². The first-order valence-corrected chi connectivity index (χ1v) is 10.6. The summed E-state index contributed by atoms with van der Waals surface area (Å²) in [4.78, 5) is 12.8. The van der Waals surface area contributed by atoms with Crippen molar-refractivity contribution in [3.05, 3.63) is 83.4 Å². The fraction of sp³-hybridized carbons (Fsp3) is 0.308. The number of likely N-dealkylation sites (tertiary alicyclic amines) is 1. The lowest BCUT2D eigenvalue weighted by Gasteiger charge is -2.40.